The van der Waals surface area contributed by atoms with E-state index in [1.165, 1.54) is 6.07 Å². The second kappa shape index (κ2) is 5.39. The van der Waals surface area contributed by atoms with E-state index in [4.69, 9.17) is 0 Å². The van der Waals surface area contributed by atoms with E-state index in [-0.39, 0.29) is 23.5 Å². The summed E-state index contributed by atoms with van der Waals surface area (Å²) in [4.78, 5) is 22.1. The second-order valence-corrected chi connectivity index (χ2v) is 4.00. The Morgan fingerprint density at radius 3 is 2.47 bits per heavy atom. The molecule has 0 fully saturated rings. The topological polar surface area (TPSA) is 60.2 Å². The van der Waals surface area contributed by atoms with Gasteiger partial charge in [0.15, 0.2) is 5.78 Å². The van der Waals surface area contributed by atoms with E-state index in [2.05, 4.69) is 0 Å². The first kappa shape index (κ1) is 12.9. The van der Waals surface area contributed by atoms with Crippen LogP contribution < -0.4 is 0 Å². The highest BCUT2D eigenvalue weighted by Crippen LogP contribution is 2.21. The molecule has 0 saturated carbocycles. The van der Waals surface area contributed by atoms with E-state index in [1.807, 2.05) is 0 Å². The summed E-state index contributed by atoms with van der Waals surface area (Å²) in [7, 11) is 0. The molecule has 0 aliphatic rings. The van der Waals surface area contributed by atoms with Crippen LogP contribution in [0.25, 0.3) is 0 Å². The molecule has 5 heteroatoms. The zero-order valence-electron chi connectivity index (χ0n) is 9.88. The van der Waals surface area contributed by atoms with Crippen molar-refractivity contribution in [1.82, 2.24) is 0 Å². The molecule has 0 radical (unpaired) electrons. The van der Waals surface area contributed by atoms with Crippen LogP contribution in [0.3, 0.4) is 0 Å². The number of hydrogen-bond donors (Lipinski definition) is 0. The summed E-state index contributed by atoms with van der Waals surface area (Å²) in [6.07, 6.45) is -0.124. The summed E-state index contributed by atoms with van der Waals surface area (Å²) in [5.41, 5.74) is 0.311. The summed E-state index contributed by atoms with van der Waals surface area (Å²) >= 11 is 0. The molecule has 0 aliphatic heterocycles. The van der Waals surface area contributed by atoms with E-state index >= 15 is 0 Å². The van der Waals surface area contributed by atoms with Crippen LogP contribution in [0.2, 0.25) is 0 Å². The lowest BCUT2D eigenvalue weighted by molar-refractivity contribution is -0.385. The molecule has 0 bridgehead atoms. The summed E-state index contributed by atoms with van der Waals surface area (Å²) in [6.45, 7) is 0. The van der Waals surface area contributed by atoms with Crippen molar-refractivity contribution in [2.24, 2.45) is 0 Å². The summed E-state index contributed by atoms with van der Waals surface area (Å²) in [5, 5.41) is 10.8. The van der Waals surface area contributed by atoms with Crippen molar-refractivity contribution in [2.45, 2.75) is 6.42 Å². The fraction of sp³-hybridized carbons (Fsp3) is 0.0714. The van der Waals surface area contributed by atoms with Crippen molar-refractivity contribution >= 4 is 11.5 Å². The van der Waals surface area contributed by atoms with Gasteiger partial charge in [-0.25, -0.2) is 4.39 Å². The third kappa shape index (κ3) is 3.01. The van der Waals surface area contributed by atoms with Crippen molar-refractivity contribution < 1.29 is 14.1 Å². The van der Waals surface area contributed by atoms with Gasteiger partial charge < -0.3 is 0 Å². The highest BCUT2D eigenvalue weighted by atomic mass is 19.1. The highest BCUT2D eigenvalue weighted by molar-refractivity contribution is 5.97. The van der Waals surface area contributed by atoms with Crippen LogP contribution in [-0.4, -0.2) is 10.7 Å². The minimum Gasteiger partial charge on any atom is -0.294 e. The fourth-order valence-electron chi connectivity index (χ4n) is 1.76. The first-order valence-corrected chi connectivity index (χ1v) is 5.59. The van der Waals surface area contributed by atoms with E-state index in [0.29, 0.717) is 5.56 Å². The van der Waals surface area contributed by atoms with Crippen LogP contribution >= 0.6 is 0 Å². The van der Waals surface area contributed by atoms with Gasteiger partial charge in [0, 0.05) is 17.5 Å². The standard InChI is InChI=1S/C14H10FNO3/c15-12-7-6-11(13(9-12)16(18)19)8-14(17)10-4-2-1-3-5-10/h1-7,9H,8H2. The molecule has 0 atom stereocenters. The first-order chi connectivity index (χ1) is 9.08. The van der Waals surface area contributed by atoms with E-state index in [1.54, 1.807) is 30.3 Å². The molecule has 2 aromatic rings. The van der Waals surface area contributed by atoms with Gasteiger partial charge in [0.2, 0.25) is 0 Å². The van der Waals surface area contributed by atoms with Gasteiger partial charge in [-0.1, -0.05) is 30.3 Å². The molecule has 2 aromatic carbocycles. The van der Waals surface area contributed by atoms with Crippen LogP contribution in [0, 0.1) is 15.9 Å². The zero-order valence-corrected chi connectivity index (χ0v) is 9.88. The fourth-order valence-corrected chi connectivity index (χ4v) is 1.76. The Balaban J connectivity index is 2.29. The molecular formula is C14H10FNO3. The average Bonchev–Trinajstić information content (AvgIpc) is 2.41. The Morgan fingerprint density at radius 1 is 1.16 bits per heavy atom. The molecule has 0 N–H and O–H groups in total. The number of hydrogen-bond acceptors (Lipinski definition) is 3. The van der Waals surface area contributed by atoms with Gasteiger partial charge in [-0.2, -0.15) is 0 Å². The average molecular weight is 259 g/mol. The van der Waals surface area contributed by atoms with Crippen molar-refractivity contribution in [3.63, 3.8) is 0 Å². The van der Waals surface area contributed by atoms with Crippen molar-refractivity contribution in [3.8, 4) is 0 Å². The second-order valence-electron chi connectivity index (χ2n) is 4.00. The summed E-state index contributed by atoms with van der Waals surface area (Å²) in [5.74, 6) is -0.932. The minimum atomic E-state index is -0.692. The van der Waals surface area contributed by atoms with E-state index in [9.17, 15) is 19.3 Å². The number of ketones is 1. The van der Waals surface area contributed by atoms with Crippen molar-refractivity contribution in [3.05, 3.63) is 75.6 Å². The molecule has 0 heterocycles. The predicted octanol–water partition coefficient (Wildman–Crippen LogP) is 3.16. The lowest BCUT2D eigenvalue weighted by Crippen LogP contribution is -2.06. The number of nitrogens with zero attached hydrogens (tertiary/aromatic N) is 1. The normalized spacial score (nSPS) is 10.2. The zero-order chi connectivity index (χ0) is 13.8. The van der Waals surface area contributed by atoms with E-state index in [0.717, 1.165) is 12.1 Å². The predicted molar refractivity (Wildman–Crippen MR) is 67.5 cm³/mol. The molecule has 0 amide bonds. The highest BCUT2D eigenvalue weighted by Gasteiger charge is 2.18. The van der Waals surface area contributed by atoms with Crippen molar-refractivity contribution in [2.75, 3.05) is 0 Å². The quantitative estimate of drug-likeness (QED) is 0.481. The Kier molecular flexibility index (Phi) is 3.66. The van der Waals surface area contributed by atoms with Gasteiger partial charge in [-0.3, -0.25) is 14.9 Å². The number of benzene rings is 2. The first-order valence-electron chi connectivity index (χ1n) is 5.59. The minimum absolute atomic E-state index is 0.124. The number of nitro groups is 1. The molecule has 0 spiro atoms. The van der Waals surface area contributed by atoms with Crippen LogP contribution in [0.4, 0.5) is 10.1 Å². The number of nitro benzene ring substituents is 1. The van der Waals surface area contributed by atoms with Crippen molar-refractivity contribution in [1.29, 1.82) is 0 Å². The molecule has 4 nitrogen and oxygen atoms in total. The molecular weight excluding hydrogens is 249 g/mol. The van der Waals surface area contributed by atoms with Crippen LogP contribution in [0.5, 0.6) is 0 Å². The maximum absolute atomic E-state index is 13.0. The molecule has 0 unspecified atom stereocenters. The number of carbonyl (C=O) groups excluding carboxylic acids is 1. The van der Waals surface area contributed by atoms with Gasteiger partial charge in [-0.15, -0.1) is 0 Å². The Labute approximate surface area is 108 Å². The monoisotopic (exact) mass is 259 g/mol. The molecule has 2 rings (SSSR count). The lowest BCUT2D eigenvalue weighted by Gasteiger charge is -2.03. The van der Waals surface area contributed by atoms with E-state index < -0.39 is 10.7 Å². The number of rotatable bonds is 4. The number of Topliss-reactive ketones (excluding diaryl/α,β-unsaturated/α-hetero) is 1. The maximum atomic E-state index is 13.0. The number of carbonyl (C=O) groups is 1. The van der Waals surface area contributed by atoms with Crippen LogP contribution in [0.15, 0.2) is 48.5 Å². The van der Waals surface area contributed by atoms with Gasteiger partial charge in [0.1, 0.15) is 5.82 Å². The molecule has 0 saturated heterocycles. The third-order valence-electron chi connectivity index (χ3n) is 2.69. The largest absolute Gasteiger partial charge is 0.294 e. The van der Waals surface area contributed by atoms with Gasteiger partial charge in [0.05, 0.1) is 11.0 Å². The third-order valence-corrected chi connectivity index (χ3v) is 2.69. The van der Waals surface area contributed by atoms with Gasteiger partial charge >= 0.3 is 0 Å². The van der Waals surface area contributed by atoms with Crippen LogP contribution in [0.1, 0.15) is 15.9 Å². The molecule has 96 valence electrons. The molecule has 0 aromatic heterocycles. The maximum Gasteiger partial charge on any atom is 0.275 e. The summed E-state index contributed by atoms with van der Waals surface area (Å²) in [6, 6.07) is 11.7. The van der Waals surface area contributed by atoms with Crippen LogP contribution in [-0.2, 0) is 6.42 Å². The Hall–Kier alpha value is -2.56. The van der Waals surface area contributed by atoms with Gasteiger partial charge in [0.25, 0.3) is 5.69 Å². The Bertz CT molecular complexity index is 626. The SMILES string of the molecule is O=C(Cc1ccc(F)cc1[N+](=O)[O-])c1ccccc1. The summed E-state index contributed by atoms with van der Waals surface area (Å²) < 4.78 is 13.0. The molecule has 19 heavy (non-hydrogen) atoms. The smallest absolute Gasteiger partial charge is 0.275 e. The van der Waals surface area contributed by atoms with Gasteiger partial charge in [-0.05, 0) is 12.1 Å². The number of halogens is 1. The molecule has 0 aliphatic carbocycles. The Morgan fingerprint density at radius 2 is 1.84 bits per heavy atom. The lowest BCUT2D eigenvalue weighted by atomic mass is 10.0.